The van der Waals surface area contributed by atoms with E-state index in [2.05, 4.69) is 35.0 Å². The first-order chi connectivity index (χ1) is 7.70. The Morgan fingerprint density at radius 2 is 2.31 bits per heavy atom. The molecule has 2 heterocycles. The molecule has 0 bridgehead atoms. The topological polar surface area (TPSA) is 29.0 Å². The third-order valence-electron chi connectivity index (χ3n) is 3.06. The minimum Gasteiger partial charge on any atom is -0.344 e. The van der Waals surface area contributed by atoms with Gasteiger partial charge in [0.25, 0.3) is 0 Å². The third kappa shape index (κ3) is 2.54. The number of aromatic nitrogens is 2. The van der Waals surface area contributed by atoms with Gasteiger partial charge in [0.05, 0.1) is 0 Å². The van der Waals surface area contributed by atoms with Crippen LogP contribution in [0.4, 0.5) is 5.13 Å². The molecule has 3 nitrogen and oxygen atoms in total. The lowest BCUT2D eigenvalue weighted by molar-refractivity contribution is 0.374. The average Bonchev–Trinajstić information content (AvgIpc) is 2.61. The third-order valence-corrected chi connectivity index (χ3v) is 3.86. The highest BCUT2D eigenvalue weighted by Gasteiger charge is 2.30. The van der Waals surface area contributed by atoms with Crippen molar-refractivity contribution in [2.75, 3.05) is 11.4 Å². The van der Waals surface area contributed by atoms with Crippen molar-refractivity contribution in [2.24, 2.45) is 5.92 Å². The molecule has 1 aliphatic rings. The van der Waals surface area contributed by atoms with E-state index in [0.717, 1.165) is 36.3 Å². The maximum atomic E-state index is 4.61. The summed E-state index contributed by atoms with van der Waals surface area (Å²) in [5.74, 6) is 1.80. The molecule has 0 aliphatic carbocycles. The molecule has 90 valence electrons. The SMILES string of the molecule is CCCc1nsc(N2CCC2CC(C)C)n1. The molecular weight excluding hydrogens is 218 g/mol. The summed E-state index contributed by atoms with van der Waals surface area (Å²) in [4.78, 5) is 7.04. The van der Waals surface area contributed by atoms with Crippen molar-refractivity contribution in [3.63, 3.8) is 0 Å². The molecule has 4 heteroatoms. The molecule has 1 aromatic heterocycles. The molecule has 1 unspecified atom stereocenters. The Balaban J connectivity index is 1.95. The van der Waals surface area contributed by atoms with Gasteiger partial charge in [-0.2, -0.15) is 4.37 Å². The number of hydrogen-bond donors (Lipinski definition) is 0. The van der Waals surface area contributed by atoms with Gasteiger partial charge in [-0.3, -0.25) is 0 Å². The van der Waals surface area contributed by atoms with Crippen LogP contribution >= 0.6 is 11.5 Å². The normalized spacial score (nSPS) is 20.2. The van der Waals surface area contributed by atoms with Crippen LogP contribution in [0.15, 0.2) is 0 Å². The van der Waals surface area contributed by atoms with Crippen molar-refractivity contribution < 1.29 is 0 Å². The van der Waals surface area contributed by atoms with Crippen LogP contribution in [-0.4, -0.2) is 21.9 Å². The van der Waals surface area contributed by atoms with Gasteiger partial charge in [0, 0.05) is 30.5 Å². The molecule has 1 fully saturated rings. The zero-order chi connectivity index (χ0) is 11.5. The summed E-state index contributed by atoms with van der Waals surface area (Å²) in [5.41, 5.74) is 0. The predicted molar refractivity (Wildman–Crippen MR) is 69.1 cm³/mol. The van der Waals surface area contributed by atoms with Gasteiger partial charge in [0.15, 0.2) is 0 Å². The van der Waals surface area contributed by atoms with Crippen molar-refractivity contribution in [1.82, 2.24) is 9.36 Å². The van der Waals surface area contributed by atoms with E-state index in [-0.39, 0.29) is 0 Å². The van der Waals surface area contributed by atoms with E-state index in [0.29, 0.717) is 6.04 Å². The number of anilines is 1. The van der Waals surface area contributed by atoms with Gasteiger partial charge in [-0.1, -0.05) is 20.8 Å². The molecule has 0 N–H and O–H groups in total. The molecular formula is C12H21N3S. The predicted octanol–water partition coefficient (Wildman–Crippen LogP) is 3.12. The van der Waals surface area contributed by atoms with Crippen LogP contribution in [0, 0.1) is 5.92 Å². The quantitative estimate of drug-likeness (QED) is 0.790. The first-order valence-corrected chi connectivity index (χ1v) is 7.07. The van der Waals surface area contributed by atoms with E-state index in [1.54, 1.807) is 11.5 Å². The monoisotopic (exact) mass is 239 g/mol. The summed E-state index contributed by atoms with van der Waals surface area (Å²) in [6.07, 6.45) is 4.74. The Bertz CT molecular complexity index is 335. The first kappa shape index (κ1) is 11.8. The summed E-state index contributed by atoms with van der Waals surface area (Å²) < 4.78 is 4.41. The van der Waals surface area contributed by atoms with Gasteiger partial charge >= 0.3 is 0 Å². The zero-order valence-electron chi connectivity index (χ0n) is 10.4. The lowest BCUT2D eigenvalue weighted by atomic mass is 9.94. The van der Waals surface area contributed by atoms with E-state index >= 15 is 0 Å². The van der Waals surface area contributed by atoms with Gasteiger partial charge in [0.2, 0.25) is 5.13 Å². The average molecular weight is 239 g/mol. The molecule has 1 atom stereocenters. The molecule has 2 rings (SSSR count). The molecule has 0 amide bonds. The Morgan fingerprint density at radius 3 is 2.88 bits per heavy atom. The zero-order valence-corrected chi connectivity index (χ0v) is 11.3. The van der Waals surface area contributed by atoms with E-state index < -0.39 is 0 Å². The second-order valence-corrected chi connectivity index (χ2v) is 5.74. The summed E-state index contributed by atoms with van der Waals surface area (Å²) >= 11 is 1.57. The summed E-state index contributed by atoms with van der Waals surface area (Å²) in [6.45, 7) is 7.92. The fourth-order valence-electron chi connectivity index (χ4n) is 2.17. The second kappa shape index (κ2) is 5.13. The molecule has 1 aliphatic heterocycles. The lowest BCUT2D eigenvalue weighted by Gasteiger charge is -2.41. The minimum atomic E-state index is 0.711. The Labute approximate surface area is 102 Å². The molecule has 1 aromatic rings. The number of nitrogens with zero attached hydrogens (tertiary/aromatic N) is 3. The number of aryl methyl sites for hydroxylation is 1. The lowest BCUT2D eigenvalue weighted by Crippen LogP contribution is -2.48. The minimum absolute atomic E-state index is 0.711. The van der Waals surface area contributed by atoms with Crippen LogP contribution in [-0.2, 0) is 6.42 Å². The van der Waals surface area contributed by atoms with Crippen LogP contribution in [0.25, 0.3) is 0 Å². The molecule has 0 saturated carbocycles. The van der Waals surface area contributed by atoms with Crippen molar-refractivity contribution in [2.45, 2.75) is 52.5 Å². The van der Waals surface area contributed by atoms with Gasteiger partial charge in [-0.25, -0.2) is 4.98 Å². The molecule has 0 spiro atoms. The van der Waals surface area contributed by atoms with Gasteiger partial charge < -0.3 is 4.90 Å². The maximum absolute atomic E-state index is 4.61. The van der Waals surface area contributed by atoms with Gasteiger partial charge in [0.1, 0.15) is 5.82 Å². The highest BCUT2D eigenvalue weighted by Crippen LogP contribution is 2.31. The second-order valence-electron chi connectivity index (χ2n) is 5.01. The van der Waals surface area contributed by atoms with E-state index in [4.69, 9.17) is 0 Å². The van der Waals surface area contributed by atoms with Gasteiger partial charge in [-0.05, 0) is 25.2 Å². The largest absolute Gasteiger partial charge is 0.344 e. The molecule has 1 saturated heterocycles. The molecule has 0 aromatic carbocycles. The van der Waals surface area contributed by atoms with Crippen molar-refractivity contribution in [3.05, 3.63) is 5.82 Å². The molecule has 0 radical (unpaired) electrons. The van der Waals surface area contributed by atoms with E-state index in [1.807, 2.05) is 0 Å². The Morgan fingerprint density at radius 1 is 1.50 bits per heavy atom. The van der Waals surface area contributed by atoms with Gasteiger partial charge in [-0.15, -0.1) is 0 Å². The number of hydrogen-bond acceptors (Lipinski definition) is 4. The van der Waals surface area contributed by atoms with Crippen molar-refractivity contribution in [1.29, 1.82) is 0 Å². The van der Waals surface area contributed by atoms with E-state index in [9.17, 15) is 0 Å². The molecule has 16 heavy (non-hydrogen) atoms. The van der Waals surface area contributed by atoms with Crippen LogP contribution < -0.4 is 4.90 Å². The van der Waals surface area contributed by atoms with Crippen LogP contribution in [0.3, 0.4) is 0 Å². The van der Waals surface area contributed by atoms with Crippen LogP contribution in [0.5, 0.6) is 0 Å². The highest BCUT2D eigenvalue weighted by molar-refractivity contribution is 7.09. The number of rotatable bonds is 5. The van der Waals surface area contributed by atoms with Crippen molar-refractivity contribution in [3.8, 4) is 0 Å². The standard InChI is InChI=1S/C12H21N3S/c1-4-5-11-13-12(16-14-11)15-7-6-10(15)8-9(2)3/h9-10H,4-8H2,1-3H3. The van der Waals surface area contributed by atoms with Crippen LogP contribution in [0.1, 0.15) is 45.9 Å². The smallest absolute Gasteiger partial charge is 0.205 e. The summed E-state index contributed by atoms with van der Waals surface area (Å²) in [5, 5.41) is 1.14. The fraction of sp³-hybridized carbons (Fsp3) is 0.833. The van der Waals surface area contributed by atoms with E-state index in [1.165, 1.54) is 12.8 Å². The highest BCUT2D eigenvalue weighted by atomic mass is 32.1. The summed E-state index contributed by atoms with van der Waals surface area (Å²) in [7, 11) is 0. The Kier molecular flexibility index (Phi) is 3.79. The van der Waals surface area contributed by atoms with Crippen LogP contribution in [0.2, 0.25) is 0 Å². The summed E-state index contributed by atoms with van der Waals surface area (Å²) in [6, 6.07) is 0.711. The Hall–Kier alpha value is -0.640. The maximum Gasteiger partial charge on any atom is 0.205 e. The fourth-order valence-corrected chi connectivity index (χ4v) is 2.98. The van der Waals surface area contributed by atoms with Crippen molar-refractivity contribution >= 4 is 16.7 Å². The first-order valence-electron chi connectivity index (χ1n) is 6.30.